The molecule has 0 saturated carbocycles. The molecule has 1 fully saturated rings. The number of carbonyl (C=O) groups excluding carboxylic acids is 2. The molecule has 0 bridgehead atoms. The summed E-state index contributed by atoms with van der Waals surface area (Å²) in [6.07, 6.45) is 0.580. The number of hydrogen-bond donors (Lipinski definition) is 1. The molecule has 1 aliphatic rings. The van der Waals surface area contributed by atoms with Crippen LogP contribution in [0.5, 0.6) is 0 Å². The number of likely N-dealkylation sites (tertiary alicyclic amines) is 1. The van der Waals surface area contributed by atoms with Crippen LogP contribution in [0.25, 0.3) is 0 Å². The van der Waals surface area contributed by atoms with E-state index in [0.29, 0.717) is 28.8 Å². The third-order valence-electron chi connectivity index (χ3n) is 3.29. The van der Waals surface area contributed by atoms with Crippen LogP contribution < -0.4 is 5.32 Å². The summed E-state index contributed by atoms with van der Waals surface area (Å²) in [5.74, 6) is 0.138. The number of hydrogen-bond acceptors (Lipinski definition) is 4. The Kier molecular flexibility index (Phi) is 5.34. The van der Waals surface area contributed by atoms with E-state index >= 15 is 0 Å². The second-order valence-corrected chi connectivity index (χ2v) is 8.11. The summed E-state index contributed by atoms with van der Waals surface area (Å²) < 4.78 is 5.95. The molecule has 1 aliphatic heterocycles. The first-order valence-electron chi connectivity index (χ1n) is 7.26. The van der Waals surface area contributed by atoms with Crippen LogP contribution in [0.2, 0.25) is 4.34 Å². The molecule has 1 atom stereocenters. The maximum absolute atomic E-state index is 12.0. The molecule has 22 heavy (non-hydrogen) atoms. The Bertz CT molecular complexity index is 553. The first kappa shape index (κ1) is 17.1. The fraction of sp³-hybridized carbons (Fsp3) is 0.600. The van der Waals surface area contributed by atoms with Gasteiger partial charge in [0.15, 0.2) is 0 Å². The molecule has 122 valence electrons. The number of nitrogens with zero attached hydrogens (tertiary/aromatic N) is 1. The van der Waals surface area contributed by atoms with Gasteiger partial charge in [-0.15, -0.1) is 11.3 Å². The minimum Gasteiger partial charge on any atom is -0.444 e. The number of ether oxygens (including phenoxy) is 1. The summed E-state index contributed by atoms with van der Waals surface area (Å²) >= 11 is 7.08. The molecular weight excluding hydrogens is 324 g/mol. The molecule has 0 aromatic carbocycles. The second kappa shape index (κ2) is 6.87. The quantitative estimate of drug-likeness (QED) is 0.914. The van der Waals surface area contributed by atoms with Gasteiger partial charge in [0.05, 0.1) is 9.21 Å². The molecule has 0 unspecified atom stereocenters. The molecule has 2 amide bonds. The molecular formula is C15H21ClN2O3S. The Hall–Kier alpha value is -1.27. The van der Waals surface area contributed by atoms with Gasteiger partial charge in [0, 0.05) is 19.6 Å². The average molecular weight is 345 g/mol. The fourth-order valence-electron chi connectivity index (χ4n) is 2.25. The number of thiophene rings is 1. The Morgan fingerprint density at radius 1 is 1.45 bits per heavy atom. The predicted molar refractivity (Wildman–Crippen MR) is 87.6 cm³/mol. The zero-order valence-corrected chi connectivity index (χ0v) is 14.6. The SMILES string of the molecule is CC(C)(C)OC(=O)N1CC[C@H](CNC(=O)c2ccc(Cl)s2)C1. The Labute approximate surface area is 139 Å². The smallest absolute Gasteiger partial charge is 0.410 e. The van der Waals surface area contributed by atoms with E-state index in [1.165, 1.54) is 11.3 Å². The predicted octanol–water partition coefficient (Wildman–Crippen LogP) is 3.39. The first-order chi connectivity index (χ1) is 10.2. The summed E-state index contributed by atoms with van der Waals surface area (Å²) in [5, 5.41) is 2.90. The van der Waals surface area contributed by atoms with E-state index < -0.39 is 5.60 Å². The first-order valence-corrected chi connectivity index (χ1v) is 8.45. The Balaban J connectivity index is 1.77. The van der Waals surface area contributed by atoms with Crippen molar-refractivity contribution in [2.24, 2.45) is 5.92 Å². The van der Waals surface area contributed by atoms with Crippen molar-refractivity contribution >= 4 is 34.9 Å². The number of halogens is 1. The van der Waals surface area contributed by atoms with Crippen molar-refractivity contribution in [3.05, 3.63) is 21.3 Å². The lowest BCUT2D eigenvalue weighted by Gasteiger charge is -2.24. The van der Waals surface area contributed by atoms with Crippen LogP contribution in [0, 0.1) is 5.92 Å². The van der Waals surface area contributed by atoms with E-state index in [1.807, 2.05) is 20.8 Å². The summed E-state index contributed by atoms with van der Waals surface area (Å²) in [6, 6.07) is 3.42. The molecule has 2 rings (SSSR count). The molecule has 5 nitrogen and oxygen atoms in total. The zero-order chi connectivity index (χ0) is 16.3. The van der Waals surface area contributed by atoms with Crippen LogP contribution in [0.4, 0.5) is 4.79 Å². The Morgan fingerprint density at radius 3 is 2.77 bits per heavy atom. The van der Waals surface area contributed by atoms with Crippen molar-refractivity contribution in [3.63, 3.8) is 0 Å². The van der Waals surface area contributed by atoms with Crippen molar-refractivity contribution < 1.29 is 14.3 Å². The van der Waals surface area contributed by atoms with Crippen LogP contribution >= 0.6 is 22.9 Å². The van der Waals surface area contributed by atoms with Gasteiger partial charge in [0.1, 0.15) is 5.60 Å². The highest BCUT2D eigenvalue weighted by Crippen LogP contribution is 2.22. The minimum atomic E-state index is -0.484. The average Bonchev–Trinajstić information content (AvgIpc) is 3.02. The van der Waals surface area contributed by atoms with E-state index in [4.69, 9.17) is 16.3 Å². The highest BCUT2D eigenvalue weighted by Gasteiger charge is 2.29. The summed E-state index contributed by atoms with van der Waals surface area (Å²) in [6.45, 7) is 7.38. The van der Waals surface area contributed by atoms with Crippen molar-refractivity contribution in [2.45, 2.75) is 32.8 Å². The number of nitrogens with one attached hydrogen (secondary N) is 1. The van der Waals surface area contributed by atoms with Gasteiger partial charge in [-0.1, -0.05) is 11.6 Å². The van der Waals surface area contributed by atoms with Crippen LogP contribution in [0.3, 0.4) is 0 Å². The lowest BCUT2D eigenvalue weighted by Crippen LogP contribution is -2.36. The van der Waals surface area contributed by atoms with Crippen LogP contribution in [-0.4, -0.2) is 42.1 Å². The second-order valence-electron chi connectivity index (χ2n) is 6.39. The van der Waals surface area contributed by atoms with Crippen LogP contribution in [0.1, 0.15) is 36.9 Å². The number of carbonyl (C=O) groups is 2. The van der Waals surface area contributed by atoms with Crippen molar-refractivity contribution in [3.8, 4) is 0 Å². The largest absolute Gasteiger partial charge is 0.444 e. The molecule has 0 aliphatic carbocycles. The van der Waals surface area contributed by atoms with E-state index in [2.05, 4.69) is 5.32 Å². The molecule has 1 aromatic heterocycles. The molecule has 2 heterocycles. The molecule has 1 N–H and O–H groups in total. The maximum Gasteiger partial charge on any atom is 0.410 e. The molecule has 7 heteroatoms. The van der Waals surface area contributed by atoms with E-state index in [9.17, 15) is 9.59 Å². The van der Waals surface area contributed by atoms with E-state index in [0.717, 1.165) is 6.42 Å². The highest BCUT2D eigenvalue weighted by molar-refractivity contribution is 7.17. The summed E-state index contributed by atoms with van der Waals surface area (Å²) in [5.41, 5.74) is -0.484. The zero-order valence-electron chi connectivity index (χ0n) is 13.0. The number of amides is 2. The van der Waals surface area contributed by atoms with Gasteiger partial charge in [-0.05, 0) is 45.2 Å². The normalized spacial score (nSPS) is 18.4. The third kappa shape index (κ3) is 4.88. The minimum absolute atomic E-state index is 0.118. The molecule has 1 aromatic rings. The third-order valence-corrected chi connectivity index (χ3v) is 4.52. The molecule has 0 radical (unpaired) electrons. The van der Waals surface area contributed by atoms with Gasteiger partial charge in [-0.3, -0.25) is 4.79 Å². The standard InChI is InChI=1S/C15H21ClN2O3S/c1-15(2,3)21-14(20)18-7-6-10(9-18)8-17-13(19)11-4-5-12(16)22-11/h4-5,10H,6-9H2,1-3H3,(H,17,19)/t10-/m1/s1. The van der Waals surface area contributed by atoms with Gasteiger partial charge in [0.25, 0.3) is 5.91 Å². The van der Waals surface area contributed by atoms with Gasteiger partial charge in [-0.2, -0.15) is 0 Å². The molecule has 1 saturated heterocycles. The van der Waals surface area contributed by atoms with Crippen molar-refractivity contribution in [1.29, 1.82) is 0 Å². The Morgan fingerprint density at radius 2 is 2.18 bits per heavy atom. The van der Waals surface area contributed by atoms with E-state index in [1.54, 1.807) is 17.0 Å². The van der Waals surface area contributed by atoms with E-state index in [-0.39, 0.29) is 17.9 Å². The van der Waals surface area contributed by atoms with Crippen molar-refractivity contribution in [2.75, 3.05) is 19.6 Å². The fourth-order valence-corrected chi connectivity index (χ4v) is 3.21. The lowest BCUT2D eigenvalue weighted by molar-refractivity contribution is 0.0288. The van der Waals surface area contributed by atoms with Crippen LogP contribution in [-0.2, 0) is 4.74 Å². The van der Waals surface area contributed by atoms with Gasteiger partial charge < -0.3 is 15.0 Å². The molecule has 0 spiro atoms. The van der Waals surface area contributed by atoms with Crippen LogP contribution in [0.15, 0.2) is 12.1 Å². The van der Waals surface area contributed by atoms with Gasteiger partial charge in [0.2, 0.25) is 0 Å². The lowest BCUT2D eigenvalue weighted by atomic mass is 10.1. The maximum atomic E-state index is 12.0. The monoisotopic (exact) mass is 344 g/mol. The van der Waals surface area contributed by atoms with Crippen molar-refractivity contribution in [1.82, 2.24) is 10.2 Å². The summed E-state index contributed by atoms with van der Waals surface area (Å²) in [4.78, 5) is 26.2. The summed E-state index contributed by atoms with van der Waals surface area (Å²) in [7, 11) is 0. The topological polar surface area (TPSA) is 58.6 Å². The highest BCUT2D eigenvalue weighted by atomic mass is 35.5. The number of rotatable bonds is 3. The van der Waals surface area contributed by atoms with Gasteiger partial charge >= 0.3 is 6.09 Å². The van der Waals surface area contributed by atoms with Gasteiger partial charge in [-0.25, -0.2) is 4.79 Å².